The molecule has 2 fully saturated rings. The molecule has 8 heteroatoms. The molecule has 2 aliphatic heterocycles. The number of benzene rings is 2. The van der Waals surface area contributed by atoms with E-state index < -0.39 is 11.1 Å². The fourth-order valence-corrected chi connectivity index (χ4v) is 4.24. The van der Waals surface area contributed by atoms with E-state index in [0.29, 0.717) is 32.1 Å². The fraction of sp³-hybridized carbons (Fsp3) is 0.286. The molecule has 0 spiro atoms. The maximum atomic E-state index is 12.9. The standard InChI is InChI=1S/C21H20N2O5S/c1-27-17-7-6-14-4-2-3-5-15(14)16(17)12-18-20(25)23(21(26)29-18)13-19(24)22-8-10-28-11-9-22/h2-7,12H,8-11,13H2,1H3/b18-12-. The van der Waals surface area contributed by atoms with Gasteiger partial charge < -0.3 is 14.4 Å². The summed E-state index contributed by atoms with van der Waals surface area (Å²) in [5, 5.41) is 1.48. The number of thioether (sulfide) groups is 1. The molecule has 2 saturated heterocycles. The summed E-state index contributed by atoms with van der Waals surface area (Å²) in [6.07, 6.45) is 1.67. The number of fused-ring (bicyclic) bond motifs is 1. The summed E-state index contributed by atoms with van der Waals surface area (Å²) in [4.78, 5) is 40.6. The number of carbonyl (C=O) groups excluding carboxylic acids is 3. The van der Waals surface area contributed by atoms with E-state index in [9.17, 15) is 14.4 Å². The second-order valence-corrected chi connectivity index (χ2v) is 7.66. The highest BCUT2D eigenvalue weighted by molar-refractivity contribution is 8.18. The molecule has 0 N–H and O–H groups in total. The number of amides is 3. The number of imide groups is 1. The van der Waals surface area contributed by atoms with Crippen LogP contribution in [0.3, 0.4) is 0 Å². The zero-order valence-corrected chi connectivity index (χ0v) is 16.7. The molecule has 0 unspecified atom stereocenters. The summed E-state index contributed by atoms with van der Waals surface area (Å²) in [5.41, 5.74) is 0.732. The van der Waals surface area contributed by atoms with Gasteiger partial charge in [0.2, 0.25) is 5.91 Å². The Kier molecular flexibility index (Phi) is 5.55. The SMILES string of the molecule is COc1ccc2ccccc2c1/C=C1\SC(=O)N(CC(=O)N2CCOCC2)C1=O. The van der Waals surface area contributed by atoms with Crippen molar-refractivity contribution < 1.29 is 23.9 Å². The molecule has 3 amide bonds. The van der Waals surface area contributed by atoms with Gasteiger partial charge in [-0.2, -0.15) is 0 Å². The summed E-state index contributed by atoms with van der Waals surface area (Å²) in [7, 11) is 1.56. The average Bonchev–Trinajstić information content (AvgIpc) is 3.02. The van der Waals surface area contributed by atoms with Gasteiger partial charge in [0.25, 0.3) is 11.1 Å². The molecule has 2 aliphatic rings. The topological polar surface area (TPSA) is 76.2 Å². The van der Waals surface area contributed by atoms with Gasteiger partial charge in [-0.15, -0.1) is 0 Å². The lowest BCUT2D eigenvalue weighted by Crippen LogP contribution is -2.46. The van der Waals surface area contributed by atoms with Crippen molar-refractivity contribution in [3.8, 4) is 5.75 Å². The second kappa shape index (κ2) is 8.26. The highest BCUT2D eigenvalue weighted by Crippen LogP contribution is 2.36. The minimum absolute atomic E-state index is 0.250. The molecule has 2 heterocycles. The van der Waals surface area contributed by atoms with Crippen molar-refractivity contribution in [2.45, 2.75) is 0 Å². The normalized spacial score (nSPS) is 18.7. The fourth-order valence-electron chi connectivity index (χ4n) is 3.42. The number of morpholine rings is 1. The molecule has 2 aromatic rings. The number of rotatable bonds is 4. The lowest BCUT2D eigenvalue weighted by atomic mass is 10.0. The van der Waals surface area contributed by atoms with Crippen molar-refractivity contribution in [3.05, 3.63) is 46.9 Å². The number of hydrogen-bond acceptors (Lipinski definition) is 6. The monoisotopic (exact) mass is 412 g/mol. The third-order valence-electron chi connectivity index (χ3n) is 4.96. The predicted molar refractivity (Wildman–Crippen MR) is 111 cm³/mol. The summed E-state index contributed by atoms with van der Waals surface area (Å²) >= 11 is 0.841. The van der Waals surface area contributed by atoms with Crippen molar-refractivity contribution in [2.24, 2.45) is 0 Å². The molecule has 0 atom stereocenters. The highest BCUT2D eigenvalue weighted by Gasteiger charge is 2.37. The zero-order valence-electron chi connectivity index (χ0n) is 15.9. The molecule has 0 radical (unpaired) electrons. The number of hydrogen-bond donors (Lipinski definition) is 0. The first-order chi connectivity index (χ1) is 14.1. The van der Waals surface area contributed by atoms with E-state index in [4.69, 9.17) is 9.47 Å². The molecule has 0 aliphatic carbocycles. The molecule has 0 saturated carbocycles. The maximum Gasteiger partial charge on any atom is 0.294 e. The van der Waals surface area contributed by atoms with Crippen molar-refractivity contribution in [1.29, 1.82) is 0 Å². The average molecular weight is 412 g/mol. The van der Waals surface area contributed by atoms with Crippen LogP contribution in [0.2, 0.25) is 0 Å². The molecule has 2 aromatic carbocycles. The Bertz CT molecular complexity index is 1010. The van der Waals surface area contributed by atoms with Gasteiger partial charge in [-0.3, -0.25) is 19.3 Å². The first-order valence-electron chi connectivity index (χ1n) is 9.25. The zero-order chi connectivity index (χ0) is 20.4. The number of ether oxygens (including phenoxy) is 2. The Balaban J connectivity index is 1.61. The number of nitrogens with zero attached hydrogens (tertiary/aromatic N) is 2. The van der Waals surface area contributed by atoms with Crippen molar-refractivity contribution in [3.63, 3.8) is 0 Å². The van der Waals surface area contributed by atoms with Crippen LogP contribution >= 0.6 is 11.8 Å². The van der Waals surface area contributed by atoms with E-state index in [1.807, 2.05) is 36.4 Å². The van der Waals surface area contributed by atoms with E-state index in [1.165, 1.54) is 0 Å². The van der Waals surface area contributed by atoms with E-state index in [0.717, 1.165) is 33.0 Å². The van der Waals surface area contributed by atoms with Crippen LogP contribution < -0.4 is 4.74 Å². The van der Waals surface area contributed by atoms with Crippen LogP contribution in [0.5, 0.6) is 5.75 Å². The molecule has 150 valence electrons. The van der Waals surface area contributed by atoms with Crippen LogP contribution in [0.15, 0.2) is 41.3 Å². The molecular weight excluding hydrogens is 392 g/mol. The Morgan fingerprint density at radius 2 is 1.93 bits per heavy atom. The Morgan fingerprint density at radius 1 is 1.17 bits per heavy atom. The van der Waals surface area contributed by atoms with E-state index in [2.05, 4.69) is 0 Å². The minimum atomic E-state index is -0.461. The quantitative estimate of drug-likeness (QED) is 0.719. The number of carbonyl (C=O) groups is 3. The maximum absolute atomic E-state index is 12.9. The van der Waals surface area contributed by atoms with Crippen LogP contribution in [-0.4, -0.2) is 66.8 Å². The summed E-state index contributed by atoms with van der Waals surface area (Å²) < 4.78 is 10.7. The van der Waals surface area contributed by atoms with Crippen LogP contribution in [0.1, 0.15) is 5.56 Å². The third-order valence-corrected chi connectivity index (χ3v) is 5.86. The van der Waals surface area contributed by atoms with Gasteiger partial charge in [0.1, 0.15) is 12.3 Å². The molecule has 0 aromatic heterocycles. The second-order valence-electron chi connectivity index (χ2n) is 6.66. The van der Waals surface area contributed by atoms with Crippen molar-refractivity contribution in [1.82, 2.24) is 9.80 Å². The lowest BCUT2D eigenvalue weighted by Gasteiger charge is -2.28. The lowest BCUT2D eigenvalue weighted by molar-refractivity contribution is -0.139. The van der Waals surface area contributed by atoms with Gasteiger partial charge in [-0.25, -0.2) is 0 Å². The molecule has 4 rings (SSSR count). The third kappa shape index (κ3) is 3.86. The first-order valence-corrected chi connectivity index (χ1v) is 10.1. The van der Waals surface area contributed by atoms with Crippen LogP contribution in [0.25, 0.3) is 16.8 Å². The highest BCUT2D eigenvalue weighted by atomic mass is 32.2. The van der Waals surface area contributed by atoms with Crippen molar-refractivity contribution in [2.75, 3.05) is 40.0 Å². The van der Waals surface area contributed by atoms with Gasteiger partial charge in [-0.1, -0.05) is 30.3 Å². The van der Waals surface area contributed by atoms with E-state index >= 15 is 0 Å². The smallest absolute Gasteiger partial charge is 0.294 e. The largest absolute Gasteiger partial charge is 0.496 e. The van der Waals surface area contributed by atoms with Gasteiger partial charge in [-0.05, 0) is 34.7 Å². The minimum Gasteiger partial charge on any atom is -0.496 e. The summed E-state index contributed by atoms with van der Waals surface area (Å²) in [6, 6.07) is 11.5. The first kappa shape index (κ1) is 19.5. The van der Waals surface area contributed by atoms with Gasteiger partial charge in [0.15, 0.2) is 0 Å². The summed E-state index contributed by atoms with van der Waals surface area (Å²) in [6.45, 7) is 1.62. The van der Waals surface area contributed by atoms with Crippen LogP contribution in [0.4, 0.5) is 4.79 Å². The Hall–Kier alpha value is -2.84. The predicted octanol–water partition coefficient (Wildman–Crippen LogP) is 2.74. The van der Waals surface area contributed by atoms with Crippen LogP contribution in [0, 0.1) is 0 Å². The van der Waals surface area contributed by atoms with Gasteiger partial charge in [0.05, 0.1) is 25.2 Å². The molecule has 0 bridgehead atoms. The van der Waals surface area contributed by atoms with Crippen molar-refractivity contribution >= 4 is 45.7 Å². The molecule has 29 heavy (non-hydrogen) atoms. The Labute approximate surface area is 172 Å². The van der Waals surface area contributed by atoms with Crippen LogP contribution in [-0.2, 0) is 14.3 Å². The van der Waals surface area contributed by atoms with E-state index in [-0.39, 0.29) is 17.4 Å². The molecular formula is C21H20N2O5S. The molecule has 7 nitrogen and oxygen atoms in total. The van der Waals surface area contributed by atoms with E-state index in [1.54, 1.807) is 18.1 Å². The van der Waals surface area contributed by atoms with Gasteiger partial charge in [0, 0.05) is 18.7 Å². The van der Waals surface area contributed by atoms with Gasteiger partial charge >= 0.3 is 0 Å². The Morgan fingerprint density at radius 3 is 2.69 bits per heavy atom. The number of methoxy groups -OCH3 is 1. The summed E-state index contributed by atoms with van der Waals surface area (Å²) in [5.74, 6) is -0.101.